The van der Waals surface area contributed by atoms with Crippen molar-refractivity contribution in [1.82, 2.24) is 24.9 Å². The molecule has 1 aliphatic carbocycles. The Hall–Kier alpha value is -4.36. The second-order valence-electron chi connectivity index (χ2n) is 10.0. The van der Waals surface area contributed by atoms with E-state index in [1.807, 2.05) is 13.0 Å². The first-order valence-electron chi connectivity index (χ1n) is 13.2. The van der Waals surface area contributed by atoms with Crippen LogP contribution in [0.25, 0.3) is 16.8 Å². The zero-order chi connectivity index (χ0) is 29.1. The molecule has 0 bridgehead atoms. The first-order valence-corrected chi connectivity index (χ1v) is 13.2. The van der Waals surface area contributed by atoms with Crippen molar-refractivity contribution in [3.63, 3.8) is 0 Å². The lowest BCUT2D eigenvalue weighted by atomic mass is 9.73. The number of carbonyl (C=O) groups is 1. The van der Waals surface area contributed by atoms with Crippen molar-refractivity contribution in [3.8, 4) is 17.0 Å². The lowest BCUT2D eigenvalue weighted by Gasteiger charge is -2.39. The number of carbonyl (C=O) groups excluding carboxylic acids is 1. The second-order valence-corrected chi connectivity index (χ2v) is 10.0. The molecule has 11 nitrogen and oxygen atoms in total. The fraction of sp³-hybridized carbons (Fsp3) is 0.357. The maximum absolute atomic E-state index is 14.9. The highest BCUT2D eigenvalue weighted by atomic mass is 19.1. The van der Waals surface area contributed by atoms with E-state index < -0.39 is 17.7 Å². The van der Waals surface area contributed by atoms with Gasteiger partial charge in [0, 0.05) is 30.4 Å². The number of aliphatic hydroxyl groups excluding tert-OH is 1. The molecule has 1 aromatic carbocycles. The van der Waals surface area contributed by atoms with Crippen molar-refractivity contribution in [2.75, 3.05) is 25.6 Å². The normalized spacial score (nSPS) is 20.5. The van der Waals surface area contributed by atoms with Crippen molar-refractivity contribution in [3.05, 3.63) is 66.1 Å². The molecule has 1 fully saturated rings. The molecule has 3 heterocycles. The molecule has 216 valence electrons. The minimum absolute atomic E-state index is 0.0304. The summed E-state index contributed by atoms with van der Waals surface area (Å²) in [5.41, 5.74) is 8.50. The monoisotopic (exact) mass is 567 g/mol. The maximum atomic E-state index is 14.9. The number of aliphatic hydroxyl groups is 1. The Morgan fingerprint density at radius 1 is 1.20 bits per heavy atom. The number of pyridine rings is 1. The second kappa shape index (κ2) is 12.0. The summed E-state index contributed by atoms with van der Waals surface area (Å²) in [7, 11) is 1.32. The topological polar surface area (TPSA) is 149 Å². The number of methoxy groups -OCH3 is 1. The number of aromatic nitrogens is 4. The van der Waals surface area contributed by atoms with Gasteiger partial charge < -0.3 is 30.9 Å². The van der Waals surface area contributed by atoms with Crippen LogP contribution in [0.2, 0.25) is 0 Å². The largest absolute Gasteiger partial charge is 0.491 e. The fourth-order valence-electron chi connectivity index (χ4n) is 5.42. The molecule has 5 rings (SSSR count). The molecule has 4 aromatic rings. The molecule has 1 saturated carbocycles. The van der Waals surface area contributed by atoms with Gasteiger partial charge in [0.1, 0.15) is 24.0 Å². The van der Waals surface area contributed by atoms with E-state index in [2.05, 4.69) is 25.7 Å². The number of imidazole rings is 1. The van der Waals surface area contributed by atoms with Crippen LogP contribution in [-0.4, -0.2) is 63.2 Å². The highest BCUT2D eigenvalue weighted by Crippen LogP contribution is 2.39. The quantitative estimate of drug-likeness (QED) is 0.250. The predicted molar refractivity (Wildman–Crippen MR) is 147 cm³/mol. The zero-order valence-corrected chi connectivity index (χ0v) is 22.6. The van der Waals surface area contributed by atoms with Crippen molar-refractivity contribution >= 4 is 23.2 Å². The average molecular weight is 568 g/mol. The Morgan fingerprint density at radius 2 is 1.98 bits per heavy atom. The van der Waals surface area contributed by atoms with E-state index in [-0.39, 0.29) is 54.1 Å². The Bertz CT molecular complexity index is 1510. The van der Waals surface area contributed by atoms with Crippen LogP contribution in [0.1, 0.15) is 31.2 Å². The van der Waals surface area contributed by atoms with E-state index in [1.54, 1.807) is 24.7 Å². The summed E-state index contributed by atoms with van der Waals surface area (Å²) in [4.78, 5) is 20.5. The van der Waals surface area contributed by atoms with Gasteiger partial charge in [0.2, 0.25) is 5.95 Å². The molecule has 0 spiro atoms. The number of nitrogens with zero attached hydrogens (tertiary/aromatic N) is 4. The Morgan fingerprint density at radius 3 is 2.68 bits per heavy atom. The number of alkyl carbamates (subject to hydrolysis) is 1. The number of hydrogen-bond acceptors (Lipinski definition) is 9. The number of anilines is 2. The molecule has 0 saturated heterocycles. The van der Waals surface area contributed by atoms with Crippen LogP contribution in [-0.2, 0) is 4.74 Å². The molecule has 4 unspecified atom stereocenters. The average Bonchev–Trinajstić information content (AvgIpc) is 3.35. The van der Waals surface area contributed by atoms with Crippen LogP contribution >= 0.6 is 0 Å². The number of rotatable bonds is 8. The van der Waals surface area contributed by atoms with E-state index >= 15 is 0 Å². The van der Waals surface area contributed by atoms with Gasteiger partial charge in [-0.05, 0) is 48.4 Å². The van der Waals surface area contributed by atoms with Crippen molar-refractivity contribution in [2.45, 2.75) is 37.8 Å². The summed E-state index contributed by atoms with van der Waals surface area (Å²) in [5.74, 6) is -1.24. The summed E-state index contributed by atoms with van der Waals surface area (Å²) in [6.07, 6.45) is 5.86. The van der Waals surface area contributed by atoms with Crippen LogP contribution < -0.4 is 21.1 Å². The van der Waals surface area contributed by atoms with Crippen LogP contribution in [0.4, 0.5) is 25.2 Å². The van der Waals surface area contributed by atoms with Crippen LogP contribution in [0.5, 0.6) is 5.75 Å². The van der Waals surface area contributed by atoms with Crippen LogP contribution in [0.3, 0.4) is 0 Å². The zero-order valence-electron chi connectivity index (χ0n) is 22.6. The number of halogens is 2. The number of benzene rings is 1. The Labute approximate surface area is 234 Å². The third-order valence-corrected chi connectivity index (χ3v) is 7.31. The standard InChI is InChI=1S/C28H31F2N7O4/c1-15-9-16(10-22(31)26(15)35-28(39)40-2)19-5-6-32-14-24(19)34-27-33-13-17-3-4-23(36-37(17)27)25-20(29)11-18(12-21(25)30)41-8-7-38/h3-6,11-16,22,26,38H,7-10,31H2,1-2H3,(H,33,34)(H,35,39). The SMILES string of the molecule is COC(=O)NC1C(C)CC(c2ccncc2Nc2ncc3ccc(-c4c(F)cc(OCCO)cc4F)nn23)CC1N. The van der Waals surface area contributed by atoms with Crippen LogP contribution in [0, 0.1) is 17.6 Å². The third kappa shape index (κ3) is 5.91. The molecule has 1 aliphatic rings. The van der Waals surface area contributed by atoms with Crippen LogP contribution in [0.15, 0.2) is 48.9 Å². The number of nitrogens with two attached hydrogens (primary N) is 1. The molecule has 5 N–H and O–H groups in total. The molecular formula is C28H31F2N7O4. The number of nitrogens with one attached hydrogen (secondary N) is 2. The summed E-state index contributed by atoms with van der Waals surface area (Å²) < 4.78 is 41.2. The van der Waals surface area contributed by atoms with E-state index in [1.165, 1.54) is 17.7 Å². The Kier molecular flexibility index (Phi) is 8.26. The van der Waals surface area contributed by atoms with Crippen molar-refractivity contribution < 1.29 is 28.2 Å². The number of hydrogen-bond donors (Lipinski definition) is 4. The van der Waals surface area contributed by atoms with Crippen molar-refractivity contribution in [1.29, 1.82) is 0 Å². The van der Waals surface area contributed by atoms with Gasteiger partial charge in [-0.3, -0.25) is 4.98 Å². The summed E-state index contributed by atoms with van der Waals surface area (Å²) in [6.45, 7) is 1.68. The maximum Gasteiger partial charge on any atom is 0.407 e. The van der Waals surface area contributed by atoms with Gasteiger partial charge >= 0.3 is 6.09 Å². The van der Waals surface area contributed by atoms with Gasteiger partial charge in [0.05, 0.1) is 48.6 Å². The van der Waals surface area contributed by atoms with Gasteiger partial charge in [-0.25, -0.2) is 18.6 Å². The molecular weight excluding hydrogens is 536 g/mol. The summed E-state index contributed by atoms with van der Waals surface area (Å²) >= 11 is 0. The van der Waals surface area contributed by atoms with Gasteiger partial charge in [0.15, 0.2) is 0 Å². The van der Waals surface area contributed by atoms with E-state index in [0.29, 0.717) is 23.6 Å². The minimum Gasteiger partial charge on any atom is -0.491 e. The lowest BCUT2D eigenvalue weighted by Crippen LogP contribution is -2.54. The summed E-state index contributed by atoms with van der Waals surface area (Å²) in [6, 6.07) is 6.69. The molecule has 13 heteroatoms. The Balaban J connectivity index is 1.42. The molecule has 41 heavy (non-hydrogen) atoms. The van der Waals surface area contributed by atoms with Gasteiger partial charge in [-0.2, -0.15) is 9.61 Å². The van der Waals surface area contributed by atoms with E-state index in [9.17, 15) is 13.6 Å². The molecule has 4 atom stereocenters. The number of amides is 1. The highest BCUT2D eigenvalue weighted by Gasteiger charge is 2.36. The first-order chi connectivity index (χ1) is 19.8. The van der Waals surface area contributed by atoms with Gasteiger partial charge in [-0.15, -0.1) is 0 Å². The molecule has 1 amide bonds. The van der Waals surface area contributed by atoms with E-state index in [0.717, 1.165) is 24.1 Å². The smallest absolute Gasteiger partial charge is 0.407 e. The molecule has 0 radical (unpaired) electrons. The fourth-order valence-corrected chi connectivity index (χ4v) is 5.42. The number of ether oxygens (including phenoxy) is 2. The summed E-state index contributed by atoms with van der Waals surface area (Å²) in [5, 5.41) is 19.5. The van der Waals surface area contributed by atoms with E-state index in [4.69, 9.17) is 20.3 Å². The molecule has 3 aromatic heterocycles. The van der Waals surface area contributed by atoms with Crippen molar-refractivity contribution in [2.24, 2.45) is 11.7 Å². The lowest BCUT2D eigenvalue weighted by molar-refractivity contribution is 0.149. The minimum atomic E-state index is -0.850. The highest BCUT2D eigenvalue weighted by molar-refractivity contribution is 5.68. The first kappa shape index (κ1) is 28.2. The molecule has 0 aliphatic heterocycles. The number of fused-ring (bicyclic) bond motifs is 1. The predicted octanol–water partition coefficient (Wildman–Crippen LogP) is 3.75. The van der Waals surface area contributed by atoms with Gasteiger partial charge in [-0.1, -0.05) is 6.92 Å². The third-order valence-electron chi connectivity index (χ3n) is 7.31. The van der Waals surface area contributed by atoms with Gasteiger partial charge in [0.25, 0.3) is 0 Å².